The van der Waals surface area contributed by atoms with Crippen LogP contribution in [0.2, 0.25) is 0 Å². The predicted octanol–water partition coefficient (Wildman–Crippen LogP) is 0.644. The van der Waals surface area contributed by atoms with Crippen molar-refractivity contribution in [1.82, 2.24) is 15.5 Å². The van der Waals surface area contributed by atoms with Crippen LogP contribution in [0.15, 0.2) is 29.3 Å². The molecule has 0 heterocycles. The van der Waals surface area contributed by atoms with E-state index in [1.54, 1.807) is 14.2 Å². The van der Waals surface area contributed by atoms with Crippen LogP contribution < -0.4 is 15.4 Å². The number of aryl methyl sites for hydroxylation is 1. The molecule has 7 nitrogen and oxygen atoms in total. The molecule has 0 saturated carbocycles. The van der Waals surface area contributed by atoms with Gasteiger partial charge in [-0.3, -0.25) is 9.79 Å². The normalized spacial score (nSPS) is 11.1. The number of nitrogens with zero attached hydrogens (tertiary/aromatic N) is 2. The maximum absolute atomic E-state index is 11.7. The van der Waals surface area contributed by atoms with Crippen LogP contribution in [0.3, 0.4) is 0 Å². The minimum atomic E-state index is -0.0995. The first-order valence-corrected chi connectivity index (χ1v) is 7.93. The average molecular weight is 336 g/mol. The summed E-state index contributed by atoms with van der Waals surface area (Å²) in [4.78, 5) is 17.7. The number of nitrogens with one attached hydrogen (secondary N) is 2. The Labute approximate surface area is 144 Å². The smallest absolute Gasteiger partial charge is 0.239 e. The number of ether oxygens (including phenoxy) is 2. The summed E-state index contributed by atoms with van der Waals surface area (Å²) < 4.78 is 10.6. The number of aliphatic imine (C=N–C) groups is 1. The summed E-state index contributed by atoms with van der Waals surface area (Å²) in [5.74, 6) is 1.39. The Hall–Kier alpha value is -2.28. The summed E-state index contributed by atoms with van der Waals surface area (Å²) >= 11 is 0. The molecular weight excluding hydrogens is 308 g/mol. The highest BCUT2D eigenvalue weighted by Gasteiger charge is 2.08. The van der Waals surface area contributed by atoms with Gasteiger partial charge in [-0.05, 0) is 19.1 Å². The van der Waals surface area contributed by atoms with E-state index in [2.05, 4.69) is 15.6 Å². The van der Waals surface area contributed by atoms with Gasteiger partial charge in [-0.1, -0.05) is 17.7 Å². The van der Waals surface area contributed by atoms with Crippen LogP contribution in [0, 0.1) is 6.92 Å². The first kappa shape index (κ1) is 19.8. The molecule has 0 aliphatic carbocycles. The molecule has 1 aromatic rings. The van der Waals surface area contributed by atoms with Gasteiger partial charge in [-0.15, -0.1) is 0 Å². The Balaban J connectivity index is 2.29. The van der Waals surface area contributed by atoms with Crippen LogP contribution in [0.25, 0.3) is 0 Å². The number of guanidine groups is 1. The summed E-state index contributed by atoms with van der Waals surface area (Å²) in [6.07, 6.45) is 0. The van der Waals surface area contributed by atoms with E-state index in [9.17, 15) is 4.79 Å². The Kier molecular flexibility index (Phi) is 9.29. The highest BCUT2D eigenvalue weighted by Crippen LogP contribution is 2.10. The quantitative estimate of drug-likeness (QED) is 0.393. The lowest BCUT2D eigenvalue weighted by molar-refractivity contribution is -0.120. The van der Waals surface area contributed by atoms with E-state index >= 15 is 0 Å². The zero-order chi connectivity index (χ0) is 17.8. The van der Waals surface area contributed by atoms with Crippen molar-refractivity contribution in [3.63, 3.8) is 0 Å². The van der Waals surface area contributed by atoms with E-state index in [1.807, 2.05) is 43.1 Å². The van der Waals surface area contributed by atoms with Crippen molar-refractivity contribution in [1.29, 1.82) is 0 Å². The third-order valence-electron chi connectivity index (χ3n) is 3.33. The van der Waals surface area contributed by atoms with Gasteiger partial charge in [0.2, 0.25) is 5.91 Å². The van der Waals surface area contributed by atoms with Gasteiger partial charge in [0.15, 0.2) is 5.96 Å². The molecule has 1 rings (SSSR count). The van der Waals surface area contributed by atoms with Crippen LogP contribution in [-0.4, -0.2) is 70.8 Å². The van der Waals surface area contributed by atoms with Crippen molar-refractivity contribution in [3.05, 3.63) is 29.8 Å². The average Bonchev–Trinajstić information content (AvgIpc) is 2.57. The highest BCUT2D eigenvalue weighted by molar-refractivity contribution is 5.86. The maximum Gasteiger partial charge on any atom is 0.239 e. The number of hydrogen-bond donors (Lipinski definition) is 2. The van der Waals surface area contributed by atoms with E-state index < -0.39 is 0 Å². The molecule has 0 radical (unpaired) electrons. The molecule has 0 aliphatic rings. The molecule has 0 fully saturated rings. The molecule has 7 heteroatoms. The van der Waals surface area contributed by atoms with E-state index in [-0.39, 0.29) is 12.5 Å². The number of benzene rings is 1. The number of rotatable bonds is 9. The van der Waals surface area contributed by atoms with Crippen LogP contribution in [-0.2, 0) is 9.53 Å². The van der Waals surface area contributed by atoms with Crippen molar-refractivity contribution in [2.75, 3.05) is 54.1 Å². The van der Waals surface area contributed by atoms with Gasteiger partial charge in [-0.25, -0.2) is 0 Å². The number of methoxy groups -OCH3 is 1. The first-order valence-electron chi connectivity index (χ1n) is 7.93. The fourth-order valence-corrected chi connectivity index (χ4v) is 1.94. The predicted molar refractivity (Wildman–Crippen MR) is 95.6 cm³/mol. The van der Waals surface area contributed by atoms with Crippen molar-refractivity contribution in [3.8, 4) is 5.75 Å². The van der Waals surface area contributed by atoms with Crippen molar-refractivity contribution < 1.29 is 14.3 Å². The van der Waals surface area contributed by atoms with E-state index in [0.717, 1.165) is 5.75 Å². The lowest BCUT2D eigenvalue weighted by Crippen LogP contribution is -2.45. The second-order valence-corrected chi connectivity index (χ2v) is 5.33. The number of likely N-dealkylation sites (N-methyl/N-ethyl adjacent to an activating group) is 1. The SMILES string of the molecule is CN=C(NCC(=O)NCCOC)N(C)CCOc1ccc(C)cc1. The fraction of sp³-hybridized carbons (Fsp3) is 0.529. The minimum absolute atomic E-state index is 0.0995. The second-order valence-electron chi connectivity index (χ2n) is 5.33. The molecule has 24 heavy (non-hydrogen) atoms. The molecular formula is C17H28N4O3. The molecule has 0 bridgehead atoms. The monoisotopic (exact) mass is 336 g/mol. The summed E-state index contributed by atoms with van der Waals surface area (Å²) in [6.45, 7) is 4.38. The molecule has 0 unspecified atom stereocenters. The lowest BCUT2D eigenvalue weighted by Gasteiger charge is -2.22. The van der Waals surface area contributed by atoms with Gasteiger partial charge in [-0.2, -0.15) is 0 Å². The minimum Gasteiger partial charge on any atom is -0.492 e. The van der Waals surface area contributed by atoms with E-state index in [1.165, 1.54) is 5.56 Å². The molecule has 0 saturated heterocycles. The third kappa shape index (κ3) is 7.82. The Bertz CT molecular complexity index is 517. The topological polar surface area (TPSA) is 75.2 Å². The zero-order valence-corrected chi connectivity index (χ0v) is 15.0. The number of amides is 1. The highest BCUT2D eigenvalue weighted by atomic mass is 16.5. The van der Waals surface area contributed by atoms with Crippen LogP contribution >= 0.6 is 0 Å². The number of hydrogen-bond acceptors (Lipinski definition) is 4. The van der Waals surface area contributed by atoms with E-state index in [4.69, 9.17) is 9.47 Å². The Morgan fingerprint density at radius 2 is 1.92 bits per heavy atom. The zero-order valence-electron chi connectivity index (χ0n) is 15.0. The number of carbonyl (C=O) groups excluding carboxylic acids is 1. The molecule has 2 N–H and O–H groups in total. The van der Waals surface area contributed by atoms with Gasteiger partial charge < -0.3 is 25.0 Å². The van der Waals surface area contributed by atoms with Gasteiger partial charge in [0.05, 0.1) is 19.7 Å². The standard InChI is InChI=1S/C17H28N4O3/c1-14-5-7-15(8-6-14)24-12-10-21(3)17(18-2)20-13-16(22)19-9-11-23-4/h5-8H,9-13H2,1-4H3,(H,18,20)(H,19,22). The summed E-state index contributed by atoms with van der Waals surface area (Å²) in [7, 11) is 5.18. The van der Waals surface area contributed by atoms with Crippen molar-refractivity contribution >= 4 is 11.9 Å². The van der Waals surface area contributed by atoms with Gasteiger partial charge in [0.1, 0.15) is 12.4 Å². The van der Waals surface area contributed by atoms with Gasteiger partial charge >= 0.3 is 0 Å². The summed E-state index contributed by atoms with van der Waals surface area (Å²) in [5.41, 5.74) is 1.20. The Morgan fingerprint density at radius 1 is 1.21 bits per heavy atom. The molecule has 0 spiro atoms. The van der Waals surface area contributed by atoms with Crippen LogP contribution in [0.5, 0.6) is 5.75 Å². The molecule has 0 atom stereocenters. The van der Waals surface area contributed by atoms with Crippen molar-refractivity contribution in [2.24, 2.45) is 4.99 Å². The van der Waals surface area contributed by atoms with E-state index in [0.29, 0.717) is 32.3 Å². The number of carbonyl (C=O) groups is 1. The lowest BCUT2D eigenvalue weighted by atomic mass is 10.2. The summed E-state index contributed by atoms with van der Waals surface area (Å²) in [6, 6.07) is 7.93. The molecule has 0 aliphatic heterocycles. The first-order chi connectivity index (χ1) is 11.6. The largest absolute Gasteiger partial charge is 0.492 e. The second kappa shape index (κ2) is 11.3. The molecule has 134 valence electrons. The molecule has 0 aromatic heterocycles. The molecule has 1 amide bonds. The maximum atomic E-state index is 11.7. The summed E-state index contributed by atoms with van der Waals surface area (Å²) in [5, 5.41) is 5.77. The van der Waals surface area contributed by atoms with Gasteiger partial charge in [0.25, 0.3) is 0 Å². The van der Waals surface area contributed by atoms with Crippen molar-refractivity contribution in [2.45, 2.75) is 6.92 Å². The third-order valence-corrected chi connectivity index (χ3v) is 3.33. The van der Waals surface area contributed by atoms with Crippen LogP contribution in [0.4, 0.5) is 0 Å². The fourth-order valence-electron chi connectivity index (χ4n) is 1.94. The van der Waals surface area contributed by atoms with Crippen LogP contribution in [0.1, 0.15) is 5.56 Å². The molecule has 1 aromatic carbocycles. The van der Waals surface area contributed by atoms with Gasteiger partial charge in [0, 0.05) is 27.7 Å². The Morgan fingerprint density at radius 3 is 2.54 bits per heavy atom.